The van der Waals surface area contributed by atoms with E-state index in [2.05, 4.69) is 21.2 Å². The molecule has 0 unspecified atom stereocenters. The highest BCUT2D eigenvalue weighted by Crippen LogP contribution is 2.35. The van der Waals surface area contributed by atoms with Crippen molar-refractivity contribution < 1.29 is 12.8 Å². The summed E-state index contributed by atoms with van der Waals surface area (Å²) in [5.74, 6) is 0.581. The van der Waals surface area contributed by atoms with Gasteiger partial charge in [-0.3, -0.25) is 4.31 Å². The van der Waals surface area contributed by atoms with E-state index in [0.29, 0.717) is 23.6 Å². The number of hydrogen-bond acceptors (Lipinski definition) is 7. The van der Waals surface area contributed by atoms with Gasteiger partial charge in [0.05, 0.1) is 17.5 Å². The third-order valence-corrected chi connectivity index (χ3v) is 7.37. The predicted octanol–water partition coefficient (Wildman–Crippen LogP) is 4.28. The lowest BCUT2D eigenvalue weighted by Crippen LogP contribution is -2.35. The molecule has 8 nitrogen and oxygen atoms in total. The van der Waals surface area contributed by atoms with Gasteiger partial charge in [-0.2, -0.15) is 0 Å². The van der Waals surface area contributed by atoms with E-state index in [0.717, 1.165) is 28.8 Å². The summed E-state index contributed by atoms with van der Waals surface area (Å²) in [6.07, 6.45) is 1.70. The van der Waals surface area contributed by atoms with Crippen LogP contribution in [0.2, 0.25) is 0 Å². The van der Waals surface area contributed by atoms with E-state index in [1.54, 1.807) is 6.07 Å². The first-order chi connectivity index (χ1) is 17.4. The fourth-order valence-electron chi connectivity index (χ4n) is 4.21. The zero-order chi connectivity index (χ0) is 26.8. The second-order valence-electron chi connectivity index (χ2n) is 9.89. The van der Waals surface area contributed by atoms with Crippen molar-refractivity contribution in [3.63, 3.8) is 0 Å². The Labute approximate surface area is 218 Å². The van der Waals surface area contributed by atoms with Gasteiger partial charge in [-0.05, 0) is 67.9 Å². The van der Waals surface area contributed by atoms with Crippen molar-refractivity contribution in [3.05, 3.63) is 89.8 Å². The molecule has 0 spiro atoms. The first kappa shape index (κ1) is 26.5. The third kappa shape index (κ3) is 6.25. The molecule has 9 heteroatoms. The minimum atomic E-state index is -3.50. The van der Waals surface area contributed by atoms with Gasteiger partial charge in [0.2, 0.25) is 21.8 Å². The van der Waals surface area contributed by atoms with E-state index in [1.165, 1.54) is 17.6 Å². The molecule has 0 saturated carbocycles. The zero-order valence-electron chi connectivity index (χ0n) is 21.8. The van der Waals surface area contributed by atoms with Crippen molar-refractivity contribution in [3.8, 4) is 22.6 Å². The Hall–Kier alpha value is -3.53. The van der Waals surface area contributed by atoms with Gasteiger partial charge in [0.25, 0.3) is 0 Å². The van der Waals surface area contributed by atoms with Gasteiger partial charge >= 0.3 is 0 Å². The number of aromatic nitrogens is 2. The highest BCUT2D eigenvalue weighted by molar-refractivity contribution is 7.92. The van der Waals surface area contributed by atoms with E-state index in [4.69, 9.17) is 10.2 Å². The molecule has 4 aromatic rings. The SMILES string of the molecule is CN(C)Cc1ccccc1-c1cc(-c2nnc([C@@](C)(N)Cc3ccccc3)o2)cc(N(C)S(C)(=O)=O)c1. The molecular weight excluding hydrogens is 486 g/mol. The van der Waals surface area contributed by atoms with Gasteiger partial charge in [0, 0.05) is 19.2 Å². The zero-order valence-corrected chi connectivity index (χ0v) is 22.7. The number of hydrogen-bond donors (Lipinski definition) is 1. The summed E-state index contributed by atoms with van der Waals surface area (Å²) >= 11 is 0. The molecular formula is C28H33N5O3S. The van der Waals surface area contributed by atoms with E-state index in [9.17, 15) is 8.42 Å². The van der Waals surface area contributed by atoms with E-state index in [-0.39, 0.29) is 5.89 Å². The maximum atomic E-state index is 12.4. The van der Waals surface area contributed by atoms with Crippen LogP contribution < -0.4 is 10.0 Å². The Morgan fingerprint density at radius 2 is 1.57 bits per heavy atom. The van der Waals surface area contributed by atoms with Gasteiger partial charge in [0.15, 0.2) is 0 Å². The van der Waals surface area contributed by atoms with Crippen molar-refractivity contribution in [2.75, 3.05) is 31.7 Å². The molecule has 1 aromatic heterocycles. The van der Waals surface area contributed by atoms with Crippen LogP contribution in [0.25, 0.3) is 22.6 Å². The Morgan fingerprint density at radius 1 is 0.919 bits per heavy atom. The Morgan fingerprint density at radius 3 is 2.24 bits per heavy atom. The summed E-state index contributed by atoms with van der Waals surface area (Å²) in [5, 5.41) is 8.55. The standard InChI is InChI=1S/C28H33N5O3S/c1-28(29,18-20-11-7-6-8-12-20)27-31-30-26(36-27)23-15-22(16-24(17-23)33(4)37(5,34)35)25-14-10-9-13-21(25)19-32(2)3/h6-17H,18-19,29H2,1-5H3/t28-/m0/s1. The fraction of sp³-hybridized carbons (Fsp3) is 0.286. The average Bonchev–Trinajstić information content (AvgIpc) is 3.35. The third-order valence-electron chi connectivity index (χ3n) is 6.17. The number of rotatable bonds is 9. The van der Waals surface area contributed by atoms with Crippen molar-refractivity contribution in [2.45, 2.75) is 25.4 Å². The van der Waals surface area contributed by atoms with Crippen molar-refractivity contribution >= 4 is 15.7 Å². The number of anilines is 1. The second kappa shape index (κ2) is 10.5. The minimum Gasteiger partial charge on any atom is -0.419 e. The molecule has 0 aliphatic heterocycles. The van der Waals surface area contributed by atoms with Gasteiger partial charge in [0.1, 0.15) is 0 Å². The summed E-state index contributed by atoms with van der Waals surface area (Å²) in [7, 11) is 2.05. The second-order valence-corrected chi connectivity index (χ2v) is 11.9. The molecule has 194 valence electrons. The molecule has 0 bridgehead atoms. The Kier molecular flexibility index (Phi) is 7.49. The molecule has 0 fully saturated rings. The molecule has 37 heavy (non-hydrogen) atoms. The molecule has 0 aliphatic carbocycles. The number of sulfonamides is 1. The van der Waals surface area contributed by atoms with Crippen LogP contribution in [0, 0.1) is 0 Å². The Bertz CT molecular complexity index is 1480. The molecule has 1 heterocycles. The van der Waals surface area contributed by atoms with Crippen LogP contribution in [-0.4, -0.2) is 50.9 Å². The molecule has 0 saturated heterocycles. The maximum Gasteiger partial charge on any atom is 0.247 e. The van der Waals surface area contributed by atoms with Gasteiger partial charge < -0.3 is 15.1 Å². The smallest absolute Gasteiger partial charge is 0.247 e. The summed E-state index contributed by atoms with van der Waals surface area (Å²) in [4.78, 5) is 2.09. The van der Waals surface area contributed by atoms with Crippen LogP contribution in [0.5, 0.6) is 0 Å². The van der Waals surface area contributed by atoms with Crippen LogP contribution in [0.3, 0.4) is 0 Å². The lowest BCUT2D eigenvalue weighted by atomic mass is 9.94. The number of nitrogens with two attached hydrogens (primary N) is 1. The molecule has 0 amide bonds. The maximum absolute atomic E-state index is 12.4. The first-order valence-electron chi connectivity index (χ1n) is 11.9. The summed E-state index contributed by atoms with van der Waals surface area (Å²) in [6, 6.07) is 23.5. The lowest BCUT2D eigenvalue weighted by molar-refractivity contribution is 0.355. The van der Waals surface area contributed by atoms with Crippen LogP contribution >= 0.6 is 0 Å². The lowest BCUT2D eigenvalue weighted by Gasteiger charge is -2.20. The molecule has 3 aromatic carbocycles. The Balaban J connectivity index is 1.79. The topological polar surface area (TPSA) is 106 Å². The van der Waals surface area contributed by atoms with E-state index in [1.807, 2.05) is 81.7 Å². The van der Waals surface area contributed by atoms with E-state index >= 15 is 0 Å². The number of benzene rings is 3. The summed E-state index contributed by atoms with van der Waals surface area (Å²) in [5.41, 5.74) is 10.8. The molecule has 1 atom stereocenters. The molecule has 0 aliphatic rings. The van der Waals surface area contributed by atoms with Crippen molar-refractivity contribution in [2.24, 2.45) is 5.73 Å². The molecule has 2 N–H and O–H groups in total. The van der Waals surface area contributed by atoms with E-state index < -0.39 is 15.6 Å². The normalized spacial score (nSPS) is 13.5. The minimum absolute atomic E-state index is 0.273. The number of nitrogens with zero attached hydrogens (tertiary/aromatic N) is 4. The van der Waals surface area contributed by atoms with Gasteiger partial charge in [-0.1, -0.05) is 54.6 Å². The van der Waals surface area contributed by atoms with Gasteiger partial charge in [-0.25, -0.2) is 8.42 Å². The van der Waals surface area contributed by atoms with Crippen molar-refractivity contribution in [1.82, 2.24) is 15.1 Å². The molecule has 0 radical (unpaired) electrons. The largest absolute Gasteiger partial charge is 0.419 e. The van der Waals surface area contributed by atoms with Crippen LogP contribution in [0.1, 0.15) is 23.9 Å². The summed E-state index contributed by atoms with van der Waals surface area (Å²) < 4.78 is 32.1. The quantitative estimate of drug-likeness (QED) is 0.352. The average molecular weight is 520 g/mol. The molecule has 4 rings (SSSR count). The van der Waals surface area contributed by atoms with Crippen LogP contribution in [0.4, 0.5) is 5.69 Å². The highest BCUT2D eigenvalue weighted by Gasteiger charge is 2.29. The first-order valence-corrected chi connectivity index (χ1v) is 13.8. The van der Waals surface area contributed by atoms with Crippen LogP contribution in [-0.2, 0) is 28.5 Å². The summed E-state index contributed by atoms with van der Waals surface area (Å²) in [6.45, 7) is 2.58. The highest BCUT2D eigenvalue weighted by atomic mass is 32.2. The fourth-order valence-corrected chi connectivity index (χ4v) is 4.70. The van der Waals surface area contributed by atoms with Crippen molar-refractivity contribution in [1.29, 1.82) is 0 Å². The predicted molar refractivity (Wildman–Crippen MR) is 147 cm³/mol. The van der Waals surface area contributed by atoms with Gasteiger partial charge in [-0.15, -0.1) is 10.2 Å². The van der Waals surface area contributed by atoms with Crippen LogP contribution in [0.15, 0.2) is 77.2 Å². The monoisotopic (exact) mass is 519 g/mol.